The van der Waals surface area contributed by atoms with Crippen LogP contribution in [0, 0.1) is 5.82 Å². The molecule has 1 heterocycles. The molecule has 0 aliphatic carbocycles. The van der Waals surface area contributed by atoms with Crippen LogP contribution in [0.3, 0.4) is 0 Å². The number of benzene rings is 1. The number of hydrogen-bond acceptors (Lipinski definition) is 6. The molecule has 120 valence electrons. The highest BCUT2D eigenvalue weighted by Crippen LogP contribution is 2.26. The zero-order valence-electron chi connectivity index (χ0n) is 12.7. The number of ether oxygens (including phenoxy) is 3. The van der Waals surface area contributed by atoms with Crippen molar-refractivity contribution < 1.29 is 28.2 Å². The molecule has 0 N–H and O–H groups in total. The van der Waals surface area contributed by atoms with Crippen LogP contribution in [0.2, 0.25) is 0 Å². The summed E-state index contributed by atoms with van der Waals surface area (Å²) in [6, 6.07) is 3.96. The predicted octanol–water partition coefficient (Wildman–Crippen LogP) is 1.91. The van der Waals surface area contributed by atoms with E-state index in [9.17, 15) is 9.18 Å². The number of esters is 1. The molecule has 0 amide bonds. The van der Waals surface area contributed by atoms with Gasteiger partial charge in [-0.3, -0.25) is 0 Å². The van der Waals surface area contributed by atoms with Crippen molar-refractivity contribution in [2.75, 3.05) is 20.3 Å². The van der Waals surface area contributed by atoms with Gasteiger partial charge in [-0.25, -0.2) is 9.18 Å². The summed E-state index contributed by atoms with van der Waals surface area (Å²) in [5.41, 5.74) is 0.833. The van der Waals surface area contributed by atoms with E-state index in [2.05, 4.69) is 9.89 Å². The Morgan fingerprint density at radius 2 is 2.32 bits per heavy atom. The molecule has 2 atom stereocenters. The van der Waals surface area contributed by atoms with Gasteiger partial charge in [0.2, 0.25) is 0 Å². The van der Waals surface area contributed by atoms with Gasteiger partial charge in [-0.1, -0.05) is 5.16 Å². The average Bonchev–Trinajstić information content (AvgIpc) is 2.96. The molecule has 2 rings (SSSR count). The fourth-order valence-electron chi connectivity index (χ4n) is 2.07. The highest BCUT2D eigenvalue weighted by Gasteiger charge is 2.29. The summed E-state index contributed by atoms with van der Waals surface area (Å²) < 4.78 is 29.3. The maximum Gasteiger partial charge on any atom is 0.346 e. The Morgan fingerprint density at radius 3 is 3.00 bits per heavy atom. The molecule has 1 unspecified atom stereocenters. The maximum atomic E-state index is 13.6. The summed E-state index contributed by atoms with van der Waals surface area (Å²) in [4.78, 5) is 16.5. The van der Waals surface area contributed by atoms with Crippen LogP contribution in [0.1, 0.15) is 19.4 Å². The number of carbonyl (C=O) groups excluding carboxylic acids is 1. The van der Waals surface area contributed by atoms with Gasteiger partial charge in [0.05, 0.1) is 7.11 Å². The number of halogens is 1. The van der Waals surface area contributed by atoms with E-state index < -0.39 is 24.0 Å². The van der Waals surface area contributed by atoms with Crippen molar-refractivity contribution in [2.45, 2.75) is 26.1 Å². The van der Waals surface area contributed by atoms with Crippen molar-refractivity contribution in [1.82, 2.24) is 0 Å². The number of nitrogens with zero attached hydrogens (tertiary/aromatic N) is 1. The van der Waals surface area contributed by atoms with Crippen molar-refractivity contribution >= 4 is 11.7 Å². The second-order valence-corrected chi connectivity index (χ2v) is 4.64. The molecule has 22 heavy (non-hydrogen) atoms. The smallest absolute Gasteiger partial charge is 0.346 e. The van der Waals surface area contributed by atoms with E-state index in [1.165, 1.54) is 25.3 Å². The highest BCUT2D eigenvalue weighted by molar-refractivity contribution is 6.06. The number of methoxy groups -OCH3 is 1. The van der Waals surface area contributed by atoms with Crippen LogP contribution in [0.15, 0.2) is 23.4 Å². The first-order chi connectivity index (χ1) is 10.6. The first-order valence-electron chi connectivity index (χ1n) is 6.92. The molecule has 0 saturated heterocycles. The number of carbonyl (C=O) groups is 1. The van der Waals surface area contributed by atoms with Crippen LogP contribution in [-0.4, -0.2) is 44.2 Å². The predicted molar refractivity (Wildman–Crippen MR) is 76.4 cm³/mol. The first kappa shape index (κ1) is 16.2. The van der Waals surface area contributed by atoms with E-state index >= 15 is 0 Å². The Kier molecular flexibility index (Phi) is 5.32. The van der Waals surface area contributed by atoms with Gasteiger partial charge in [0.15, 0.2) is 6.10 Å². The van der Waals surface area contributed by atoms with Crippen molar-refractivity contribution in [2.24, 2.45) is 5.16 Å². The number of rotatable bonds is 6. The molecule has 7 heteroatoms. The summed E-state index contributed by atoms with van der Waals surface area (Å²) in [6.45, 7) is 4.12. The summed E-state index contributed by atoms with van der Waals surface area (Å²) in [6.07, 6.45) is -1.23. The average molecular weight is 311 g/mol. The van der Waals surface area contributed by atoms with E-state index in [0.29, 0.717) is 23.6 Å². The third kappa shape index (κ3) is 3.54. The van der Waals surface area contributed by atoms with Crippen molar-refractivity contribution in [1.29, 1.82) is 0 Å². The van der Waals surface area contributed by atoms with Crippen molar-refractivity contribution in [3.8, 4) is 5.75 Å². The van der Waals surface area contributed by atoms with Gasteiger partial charge in [0.1, 0.15) is 30.0 Å². The lowest BCUT2D eigenvalue weighted by molar-refractivity contribution is -0.147. The quantitative estimate of drug-likeness (QED) is 0.751. The number of hydrogen-bond donors (Lipinski definition) is 0. The van der Waals surface area contributed by atoms with Crippen LogP contribution in [-0.2, 0) is 19.1 Å². The SMILES string of the molecule is CCOC1CON=C1c1cc(F)ccc1O[C@@H](C)C(=O)OC. The molecule has 0 spiro atoms. The monoisotopic (exact) mass is 311 g/mol. The zero-order chi connectivity index (χ0) is 16.1. The normalized spacial score (nSPS) is 18.4. The van der Waals surface area contributed by atoms with E-state index in [1.807, 2.05) is 6.92 Å². The van der Waals surface area contributed by atoms with Gasteiger partial charge < -0.3 is 19.0 Å². The van der Waals surface area contributed by atoms with E-state index in [4.69, 9.17) is 14.3 Å². The van der Waals surface area contributed by atoms with E-state index in [-0.39, 0.29) is 6.61 Å². The van der Waals surface area contributed by atoms with Gasteiger partial charge in [-0.2, -0.15) is 0 Å². The maximum absolute atomic E-state index is 13.6. The van der Waals surface area contributed by atoms with Crippen LogP contribution in [0.5, 0.6) is 5.75 Å². The Hall–Kier alpha value is -2.15. The topological polar surface area (TPSA) is 66.3 Å². The van der Waals surface area contributed by atoms with Gasteiger partial charge >= 0.3 is 5.97 Å². The fourth-order valence-corrected chi connectivity index (χ4v) is 2.07. The molecular weight excluding hydrogens is 293 g/mol. The lowest BCUT2D eigenvalue weighted by Crippen LogP contribution is -2.28. The van der Waals surface area contributed by atoms with Crippen LogP contribution in [0.4, 0.5) is 4.39 Å². The summed E-state index contributed by atoms with van der Waals surface area (Å²) in [5, 5.41) is 3.91. The lowest BCUT2D eigenvalue weighted by Gasteiger charge is -2.17. The molecule has 1 aromatic rings. The standard InChI is InChI=1S/C15H18FNO5/c1-4-20-13-8-21-17-14(13)11-7-10(16)5-6-12(11)22-9(2)15(18)19-3/h5-7,9,13H,4,8H2,1-3H3/t9-,13?/m0/s1. The third-order valence-electron chi connectivity index (χ3n) is 3.12. The minimum absolute atomic E-state index is 0.256. The molecule has 6 nitrogen and oxygen atoms in total. The molecule has 1 aliphatic rings. The fraction of sp³-hybridized carbons (Fsp3) is 0.467. The van der Waals surface area contributed by atoms with Crippen LogP contribution >= 0.6 is 0 Å². The highest BCUT2D eigenvalue weighted by atomic mass is 19.1. The molecular formula is C15H18FNO5. The number of oxime groups is 1. The lowest BCUT2D eigenvalue weighted by atomic mass is 10.0. The van der Waals surface area contributed by atoms with Crippen LogP contribution in [0.25, 0.3) is 0 Å². The molecule has 1 aliphatic heterocycles. The largest absolute Gasteiger partial charge is 0.478 e. The second kappa shape index (κ2) is 7.22. The first-order valence-corrected chi connectivity index (χ1v) is 6.92. The summed E-state index contributed by atoms with van der Waals surface area (Å²) in [5.74, 6) is -0.660. The Labute approximate surface area is 127 Å². The molecule has 0 fully saturated rings. The second-order valence-electron chi connectivity index (χ2n) is 4.64. The van der Waals surface area contributed by atoms with Crippen molar-refractivity contribution in [3.63, 3.8) is 0 Å². The molecule has 0 aromatic heterocycles. The summed E-state index contributed by atoms with van der Waals surface area (Å²) >= 11 is 0. The van der Waals surface area contributed by atoms with Gasteiger partial charge in [-0.15, -0.1) is 0 Å². The van der Waals surface area contributed by atoms with Gasteiger partial charge in [-0.05, 0) is 32.0 Å². The molecule has 0 bridgehead atoms. The molecule has 0 radical (unpaired) electrons. The minimum atomic E-state index is -0.831. The van der Waals surface area contributed by atoms with E-state index in [1.54, 1.807) is 6.92 Å². The van der Waals surface area contributed by atoms with E-state index in [0.717, 1.165) is 0 Å². The van der Waals surface area contributed by atoms with Gasteiger partial charge in [0, 0.05) is 12.2 Å². The minimum Gasteiger partial charge on any atom is -0.478 e. The Balaban J connectivity index is 2.30. The zero-order valence-corrected chi connectivity index (χ0v) is 12.7. The Morgan fingerprint density at radius 1 is 1.55 bits per heavy atom. The van der Waals surface area contributed by atoms with Gasteiger partial charge in [0.25, 0.3) is 0 Å². The van der Waals surface area contributed by atoms with Crippen LogP contribution < -0.4 is 4.74 Å². The molecule has 1 aromatic carbocycles. The van der Waals surface area contributed by atoms with Crippen molar-refractivity contribution in [3.05, 3.63) is 29.6 Å². The Bertz CT molecular complexity index is 575. The molecule has 0 saturated carbocycles. The third-order valence-corrected chi connectivity index (χ3v) is 3.12. The summed E-state index contributed by atoms with van der Waals surface area (Å²) in [7, 11) is 1.27.